The average molecular weight is 351 g/mol. The normalized spacial score (nSPS) is 12.3. The summed E-state index contributed by atoms with van der Waals surface area (Å²) >= 11 is 5.70. The minimum atomic E-state index is -5.17. The summed E-state index contributed by atoms with van der Waals surface area (Å²) in [6.07, 6.45) is -3.72. The van der Waals surface area contributed by atoms with E-state index in [1.54, 1.807) is 24.3 Å². The summed E-state index contributed by atoms with van der Waals surface area (Å²) in [7, 11) is 1.54. The zero-order chi connectivity index (χ0) is 17.7. The van der Waals surface area contributed by atoms with Gasteiger partial charge in [0, 0.05) is 11.4 Å². The van der Waals surface area contributed by atoms with Crippen molar-refractivity contribution in [3.8, 4) is 0 Å². The first-order valence-corrected chi connectivity index (χ1v) is 6.72. The average Bonchev–Trinajstić information content (AvgIpc) is 2.50. The van der Waals surface area contributed by atoms with Crippen molar-refractivity contribution < 1.29 is 32.2 Å². The number of benzene rings is 1. The molecule has 0 unspecified atom stereocenters. The molecule has 0 amide bonds. The van der Waals surface area contributed by atoms with Gasteiger partial charge in [0.1, 0.15) is 0 Å². The number of alkyl halides is 3. The maximum atomic E-state index is 13.4. The molecular weight excluding hydrogens is 337 g/mol. The quantitative estimate of drug-likeness (QED) is 0.601. The van der Waals surface area contributed by atoms with Crippen molar-refractivity contribution in [2.75, 3.05) is 14.2 Å². The van der Waals surface area contributed by atoms with E-state index < -0.39 is 30.0 Å². The van der Waals surface area contributed by atoms with Crippen molar-refractivity contribution in [1.82, 2.24) is 0 Å². The van der Waals surface area contributed by atoms with Gasteiger partial charge in [0.15, 0.2) is 0 Å². The molecule has 1 aromatic carbocycles. The molecule has 0 aliphatic rings. The molecule has 0 saturated heterocycles. The summed E-state index contributed by atoms with van der Waals surface area (Å²) in [5.74, 6) is -3.45. The number of esters is 2. The molecule has 0 radical (unpaired) electrons. The highest BCUT2D eigenvalue weighted by molar-refractivity contribution is 6.30. The Kier molecular flexibility index (Phi) is 6.20. The lowest BCUT2D eigenvalue weighted by Crippen LogP contribution is -2.52. The second-order valence-corrected chi connectivity index (χ2v) is 4.98. The fourth-order valence-electron chi connectivity index (χ4n) is 1.89. The number of halogens is 4. The molecular formula is C15H14ClF3O4. The van der Waals surface area contributed by atoms with Crippen molar-refractivity contribution in [2.24, 2.45) is 5.41 Å². The molecule has 4 nitrogen and oxygen atoms in total. The highest BCUT2D eigenvalue weighted by atomic mass is 35.5. The summed E-state index contributed by atoms with van der Waals surface area (Å²) in [5, 5.41) is 0.468. The second-order valence-electron chi connectivity index (χ2n) is 4.54. The maximum absolute atomic E-state index is 13.4. The molecule has 0 N–H and O–H groups in total. The zero-order valence-electron chi connectivity index (χ0n) is 12.3. The van der Waals surface area contributed by atoms with Gasteiger partial charge in [-0.25, -0.2) is 0 Å². The van der Waals surface area contributed by atoms with E-state index in [0.29, 0.717) is 10.6 Å². The van der Waals surface area contributed by atoms with Gasteiger partial charge >= 0.3 is 18.1 Å². The third-order valence-electron chi connectivity index (χ3n) is 3.16. The first kappa shape index (κ1) is 19.0. The van der Waals surface area contributed by atoms with Crippen LogP contribution in [0.3, 0.4) is 0 Å². The van der Waals surface area contributed by atoms with E-state index in [-0.39, 0.29) is 0 Å². The van der Waals surface area contributed by atoms with Crippen molar-refractivity contribution in [2.45, 2.75) is 12.6 Å². The lowest BCUT2D eigenvalue weighted by atomic mass is 9.83. The highest BCUT2D eigenvalue weighted by Gasteiger charge is 2.67. The minimum absolute atomic E-state index is 0.468. The van der Waals surface area contributed by atoms with Crippen LogP contribution in [-0.2, 0) is 19.1 Å². The maximum Gasteiger partial charge on any atom is 0.415 e. The SMILES string of the molecule is COC(=O)C(C/C=C/c1ccc(Cl)cc1)(C(=O)OC)C(F)(F)F. The highest BCUT2D eigenvalue weighted by Crippen LogP contribution is 2.44. The molecule has 0 fully saturated rings. The third-order valence-corrected chi connectivity index (χ3v) is 3.41. The van der Waals surface area contributed by atoms with Crippen LogP contribution in [0.1, 0.15) is 12.0 Å². The summed E-state index contributed by atoms with van der Waals surface area (Å²) < 4.78 is 48.5. The fourth-order valence-corrected chi connectivity index (χ4v) is 2.02. The molecule has 126 valence electrons. The van der Waals surface area contributed by atoms with Crippen LogP contribution < -0.4 is 0 Å². The molecule has 1 aromatic rings. The van der Waals surface area contributed by atoms with E-state index in [4.69, 9.17) is 11.6 Å². The Morgan fingerprint density at radius 3 is 1.96 bits per heavy atom. The molecule has 23 heavy (non-hydrogen) atoms. The molecule has 8 heteroatoms. The van der Waals surface area contributed by atoms with Gasteiger partial charge in [-0.05, 0) is 17.7 Å². The zero-order valence-corrected chi connectivity index (χ0v) is 13.1. The molecule has 0 aromatic heterocycles. The molecule has 0 bridgehead atoms. The van der Waals surface area contributed by atoms with Crippen molar-refractivity contribution in [3.63, 3.8) is 0 Å². The summed E-state index contributed by atoms with van der Waals surface area (Å²) in [4.78, 5) is 23.3. The first-order chi connectivity index (χ1) is 10.7. The van der Waals surface area contributed by atoms with Gasteiger partial charge in [-0.2, -0.15) is 13.2 Å². The topological polar surface area (TPSA) is 52.6 Å². The first-order valence-electron chi connectivity index (χ1n) is 6.34. The number of carbonyl (C=O) groups is 2. The summed E-state index contributed by atoms with van der Waals surface area (Å²) in [6, 6.07) is 6.26. The van der Waals surface area contributed by atoms with Gasteiger partial charge in [0.05, 0.1) is 14.2 Å². The van der Waals surface area contributed by atoms with Crippen LogP contribution in [-0.4, -0.2) is 32.3 Å². The van der Waals surface area contributed by atoms with E-state index in [1.807, 2.05) is 0 Å². The van der Waals surface area contributed by atoms with Crippen LogP contribution in [0.4, 0.5) is 13.2 Å². The molecule has 0 atom stereocenters. The monoisotopic (exact) mass is 350 g/mol. The van der Waals surface area contributed by atoms with Crippen LogP contribution in [0.15, 0.2) is 30.3 Å². The Morgan fingerprint density at radius 1 is 1.09 bits per heavy atom. The Labute approximate surface area is 135 Å². The van der Waals surface area contributed by atoms with Crippen molar-refractivity contribution in [1.29, 1.82) is 0 Å². The van der Waals surface area contributed by atoms with Crippen LogP contribution in [0.25, 0.3) is 6.08 Å². The van der Waals surface area contributed by atoms with Gasteiger partial charge in [0.25, 0.3) is 5.41 Å². The molecule has 1 rings (SSSR count). The number of allylic oxidation sites excluding steroid dienone is 1. The van der Waals surface area contributed by atoms with Crippen LogP contribution >= 0.6 is 11.6 Å². The largest absolute Gasteiger partial charge is 0.468 e. The van der Waals surface area contributed by atoms with Gasteiger partial charge in [0.2, 0.25) is 0 Å². The fraction of sp³-hybridized carbons (Fsp3) is 0.333. The van der Waals surface area contributed by atoms with Crippen molar-refractivity contribution in [3.05, 3.63) is 40.9 Å². The Balaban J connectivity index is 3.17. The predicted octanol–water partition coefficient (Wildman–Crippen LogP) is 3.64. The van der Waals surface area contributed by atoms with Gasteiger partial charge < -0.3 is 9.47 Å². The number of hydrogen-bond acceptors (Lipinski definition) is 4. The predicted molar refractivity (Wildman–Crippen MR) is 77.6 cm³/mol. The lowest BCUT2D eigenvalue weighted by molar-refractivity contribution is -0.237. The van der Waals surface area contributed by atoms with E-state index in [1.165, 1.54) is 6.08 Å². The molecule has 0 spiro atoms. The lowest BCUT2D eigenvalue weighted by Gasteiger charge is -2.29. The minimum Gasteiger partial charge on any atom is -0.468 e. The summed E-state index contributed by atoms with van der Waals surface area (Å²) in [5.41, 5.74) is -2.85. The molecule has 0 aliphatic heterocycles. The van der Waals surface area contributed by atoms with Gasteiger partial charge in [-0.15, -0.1) is 0 Å². The van der Waals surface area contributed by atoms with Gasteiger partial charge in [-0.3, -0.25) is 9.59 Å². The third kappa shape index (κ3) is 4.04. The Bertz CT molecular complexity index is 578. The van der Waals surface area contributed by atoms with Crippen LogP contribution in [0, 0.1) is 5.41 Å². The van der Waals surface area contributed by atoms with Crippen molar-refractivity contribution >= 4 is 29.6 Å². The molecule has 0 aliphatic carbocycles. The number of rotatable bonds is 5. The molecule has 0 heterocycles. The number of ether oxygens (including phenoxy) is 2. The number of methoxy groups -OCH3 is 2. The standard InChI is InChI=1S/C15H14ClF3O4/c1-22-12(20)14(13(21)23-2,15(17,18)19)9-3-4-10-5-7-11(16)8-6-10/h3-8H,9H2,1-2H3/b4-3+. The smallest absolute Gasteiger partial charge is 0.415 e. The van der Waals surface area contributed by atoms with Crippen LogP contribution in [0.5, 0.6) is 0 Å². The van der Waals surface area contributed by atoms with Crippen LogP contribution in [0.2, 0.25) is 5.02 Å². The van der Waals surface area contributed by atoms with E-state index in [0.717, 1.165) is 20.3 Å². The summed E-state index contributed by atoms with van der Waals surface area (Å²) in [6.45, 7) is 0. The number of carbonyl (C=O) groups excluding carboxylic acids is 2. The molecule has 0 saturated carbocycles. The van der Waals surface area contributed by atoms with E-state index in [2.05, 4.69) is 9.47 Å². The van der Waals surface area contributed by atoms with Gasteiger partial charge in [-0.1, -0.05) is 35.9 Å². The van der Waals surface area contributed by atoms with E-state index in [9.17, 15) is 22.8 Å². The second kappa shape index (κ2) is 7.50. The Morgan fingerprint density at radius 2 is 1.57 bits per heavy atom. The Hall–Kier alpha value is -2.02. The van der Waals surface area contributed by atoms with E-state index >= 15 is 0 Å². The number of hydrogen-bond donors (Lipinski definition) is 0.